The second-order valence-electron chi connectivity index (χ2n) is 3.22. The lowest BCUT2D eigenvalue weighted by Gasteiger charge is -2.03. The van der Waals surface area contributed by atoms with Gasteiger partial charge in [-0.1, -0.05) is 29.8 Å². The Morgan fingerprint density at radius 2 is 1.79 bits per heavy atom. The van der Waals surface area contributed by atoms with Crippen LogP contribution in [0.2, 0.25) is 0 Å². The number of nitrogens with zero attached hydrogens (tertiary/aromatic N) is 1. The highest BCUT2D eigenvalue weighted by molar-refractivity contribution is 9.10. The Labute approximate surface area is 91.9 Å². The Balaban J connectivity index is 2.50. The summed E-state index contributed by atoms with van der Waals surface area (Å²) < 4.78 is 1.03. The summed E-state index contributed by atoms with van der Waals surface area (Å²) in [4.78, 5) is 4.04. The average Bonchev–Trinajstić information content (AvgIpc) is 2.20. The fourth-order valence-corrected chi connectivity index (χ4v) is 1.82. The third kappa shape index (κ3) is 1.85. The summed E-state index contributed by atoms with van der Waals surface area (Å²) >= 11 is 3.49. The maximum absolute atomic E-state index is 4.04. The van der Waals surface area contributed by atoms with Crippen molar-refractivity contribution in [2.75, 3.05) is 0 Å². The van der Waals surface area contributed by atoms with Crippen LogP contribution in [0.5, 0.6) is 0 Å². The molecule has 1 aromatic carbocycles. The third-order valence-corrected chi connectivity index (χ3v) is 2.77. The quantitative estimate of drug-likeness (QED) is 0.747. The van der Waals surface area contributed by atoms with Crippen molar-refractivity contribution < 1.29 is 0 Å². The fraction of sp³-hybridized carbons (Fsp3) is 0.0833. The van der Waals surface area contributed by atoms with Gasteiger partial charge in [0.15, 0.2) is 0 Å². The van der Waals surface area contributed by atoms with Crippen LogP contribution in [-0.4, -0.2) is 4.98 Å². The normalized spacial score (nSPS) is 10.1. The van der Waals surface area contributed by atoms with Gasteiger partial charge in [-0.15, -0.1) is 0 Å². The van der Waals surface area contributed by atoms with E-state index in [1.54, 1.807) is 6.20 Å². The predicted molar refractivity (Wildman–Crippen MR) is 62.1 cm³/mol. The first-order valence-electron chi connectivity index (χ1n) is 4.44. The molecule has 1 aromatic heterocycles. The summed E-state index contributed by atoms with van der Waals surface area (Å²) in [6.07, 6.45) is 3.62. The van der Waals surface area contributed by atoms with Gasteiger partial charge in [-0.25, -0.2) is 0 Å². The molecule has 1 nitrogen and oxygen atoms in total. The molecule has 0 saturated heterocycles. The highest BCUT2D eigenvalue weighted by atomic mass is 79.9. The fourth-order valence-electron chi connectivity index (χ4n) is 1.34. The van der Waals surface area contributed by atoms with Crippen molar-refractivity contribution in [3.05, 3.63) is 52.8 Å². The van der Waals surface area contributed by atoms with E-state index in [4.69, 9.17) is 0 Å². The molecule has 0 fully saturated rings. The molecule has 0 aliphatic carbocycles. The summed E-state index contributed by atoms with van der Waals surface area (Å²) in [5.74, 6) is 0. The lowest BCUT2D eigenvalue weighted by molar-refractivity contribution is 1.31. The van der Waals surface area contributed by atoms with Crippen LogP contribution >= 0.6 is 15.9 Å². The number of halogens is 1. The molecule has 0 aliphatic rings. The van der Waals surface area contributed by atoms with Crippen LogP contribution < -0.4 is 0 Å². The molecule has 2 rings (SSSR count). The number of pyridine rings is 1. The molecule has 1 heterocycles. The monoisotopic (exact) mass is 247 g/mol. The lowest BCUT2D eigenvalue weighted by atomic mass is 10.1. The van der Waals surface area contributed by atoms with Crippen LogP contribution in [0.15, 0.2) is 47.2 Å². The van der Waals surface area contributed by atoms with E-state index in [0.29, 0.717) is 0 Å². The standard InChI is InChI=1S/C12H10BrN/c1-9-2-4-10(5-3-9)11-6-7-14-8-12(11)13/h2-8H,1H3. The average molecular weight is 248 g/mol. The Kier molecular flexibility index (Phi) is 2.64. The molecule has 0 amide bonds. The molecule has 2 aromatic rings. The van der Waals surface area contributed by atoms with Crippen molar-refractivity contribution >= 4 is 15.9 Å². The van der Waals surface area contributed by atoms with Gasteiger partial charge in [0.1, 0.15) is 0 Å². The van der Waals surface area contributed by atoms with Crippen LogP contribution in [0.4, 0.5) is 0 Å². The van der Waals surface area contributed by atoms with Crippen LogP contribution in [-0.2, 0) is 0 Å². The van der Waals surface area contributed by atoms with Gasteiger partial charge in [0.2, 0.25) is 0 Å². The van der Waals surface area contributed by atoms with Gasteiger partial charge in [-0.3, -0.25) is 4.98 Å². The molecule has 0 bridgehead atoms. The molecule has 0 aliphatic heterocycles. The Morgan fingerprint density at radius 1 is 1.07 bits per heavy atom. The second kappa shape index (κ2) is 3.93. The van der Waals surface area contributed by atoms with Crippen molar-refractivity contribution in [3.8, 4) is 11.1 Å². The number of hydrogen-bond acceptors (Lipinski definition) is 1. The second-order valence-corrected chi connectivity index (χ2v) is 4.08. The minimum atomic E-state index is 1.03. The van der Waals surface area contributed by atoms with Crippen LogP contribution in [0.1, 0.15) is 5.56 Å². The smallest absolute Gasteiger partial charge is 0.0437 e. The van der Waals surface area contributed by atoms with E-state index in [2.05, 4.69) is 52.1 Å². The summed E-state index contributed by atoms with van der Waals surface area (Å²) in [6, 6.07) is 10.5. The van der Waals surface area contributed by atoms with Gasteiger partial charge < -0.3 is 0 Å². The maximum Gasteiger partial charge on any atom is 0.0437 e. The van der Waals surface area contributed by atoms with Gasteiger partial charge in [-0.2, -0.15) is 0 Å². The van der Waals surface area contributed by atoms with E-state index >= 15 is 0 Å². The Morgan fingerprint density at radius 3 is 2.43 bits per heavy atom. The zero-order valence-corrected chi connectivity index (χ0v) is 9.45. The van der Waals surface area contributed by atoms with Crippen molar-refractivity contribution in [1.82, 2.24) is 4.98 Å². The summed E-state index contributed by atoms with van der Waals surface area (Å²) in [6.45, 7) is 2.09. The van der Waals surface area contributed by atoms with E-state index in [9.17, 15) is 0 Å². The molecule has 0 saturated carbocycles. The van der Waals surface area contributed by atoms with E-state index < -0.39 is 0 Å². The molecule has 0 spiro atoms. The van der Waals surface area contributed by atoms with Crippen molar-refractivity contribution in [2.24, 2.45) is 0 Å². The predicted octanol–water partition coefficient (Wildman–Crippen LogP) is 3.82. The first kappa shape index (κ1) is 9.41. The first-order chi connectivity index (χ1) is 6.77. The zero-order chi connectivity index (χ0) is 9.97. The van der Waals surface area contributed by atoms with Crippen LogP contribution in [0.25, 0.3) is 11.1 Å². The van der Waals surface area contributed by atoms with E-state index in [1.165, 1.54) is 16.7 Å². The third-order valence-electron chi connectivity index (χ3n) is 2.14. The summed E-state index contributed by atoms with van der Waals surface area (Å²) in [7, 11) is 0. The van der Waals surface area contributed by atoms with Gasteiger partial charge in [0.25, 0.3) is 0 Å². The number of benzene rings is 1. The van der Waals surface area contributed by atoms with Gasteiger partial charge in [-0.05, 0) is 40.0 Å². The van der Waals surface area contributed by atoms with Crippen LogP contribution in [0.3, 0.4) is 0 Å². The Hall–Kier alpha value is -1.15. The van der Waals surface area contributed by atoms with E-state index in [-0.39, 0.29) is 0 Å². The summed E-state index contributed by atoms with van der Waals surface area (Å²) in [5.41, 5.74) is 3.67. The Bertz CT molecular complexity index is 434. The van der Waals surface area contributed by atoms with E-state index in [0.717, 1.165) is 4.47 Å². The molecule has 70 valence electrons. The first-order valence-corrected chi connectivity index (χ1v) is 5.23. The number of aromatic nitrogens is 1. The van der Waals surface area contributed by atoms with Gasteiger partial charge in [0, 0.05) is 16.9 Å². The van der Waals surface area contributed by atoms with Crippen molar-refractivity contribution in [1.29, 1.82) is 0 Å². The number of hydrogen-bond donors (Lipinski definition) is 0. The molecule has 0 radical (unpaired) electrons. The SMILES string of the molecule is Cc1ccc(-c2ccncc2Br)cc1. The molecule has 0 N–H and O–H groups in total. The topological polar surface area (TPSA) is 12.9 Å². The highest BCUT2D eigenvalue weighted by Crippen LogP contribution is 2.26. The molecular formula is C12H10BrN. The number of aryl methyl sites for hydroxylation is 1. The minimum Gasteiger partial charge on any atom is -0.264 e. The van der Waals surface area contributed by atoms with Crippen molar-refractivity contribution in [3.63, 3.8) is 0 Å². The molecule has 14 heavy (non-hydrogen) atoms. The zero-order valence-electron chi connectivity index (χ0n) is 7.87. The molecular weight excluding hydrogens is 238 g/mol. The maximum atomic E-state index is 4.04. The number of rotatable bonds is 1. The molecule has 0 unspecified atom stereocenters. The lowest BCUT2D eigenvalue weighted by Crippen LogP contribution is -1.81. The van der Waals surface area contributed by atoms with Gasteiger partial charge in [0.05, 0.1) is 0 Å². The van der Waals surface area contributed by atoms with E-state index in [1.807, 2.05) is 12.3 Å². The largest absolute Gasteiger partial charge is 0.264 e. The molecule has 0 atom stereocenters. The van der Waals surface area contributed by atoms with Gasteiger partial charge >= 0.3 is 0 Å². The minimum absolute atomic E-state index is 1.03. The highest BCUT2D eigenvalue weighted by Gasteiger charge is 2.01. The summed E-state index contributed by atoms with van der Waals surface area (Å²) in [5, 5.41) is 0. The van der Waals surface area contributed by atoms with Crippen molar-refractivity contribution in [2.45, 2.75) is 6.92 Å². The molecule has 2 heteroatoms. The van der Waals surface area contributed by atoms with Crippen LogP contribution in [0, 0.1) is 6.92 Å².